The first-order chi connectivity index (χ1) is 9.54. The number of aryl methyl sites for hydroxylation is 1. The number of benzene rings is 1. The van der Waals surface area contributed by atoms with E-state index in [1.807, 2.05) is 31.2 Å². The second-order valence-corrected chi connectivity index (χ2v) is 4.87. The maximum atomic E-state index is 11.9. The molecule has 4 nitrogen and oxygen atoms in total. The minimum Gasteiger partial charge on any atom is -0.468 e. The van der Waals surface area contributed by atoms with Crippen molar-refractivity contribution in [2.75, 3.05) is 13.9 Å². The van der Waals surface area contributed by atoms with Crippen LogP contribution < -0.4 is 10.3 Å². The average molecular weight is 294 g/mol. The molecule has 106 valence electrons. The van der Waals surface area contributed by atoms with Gasteiger partial charge < -0.3 is 14.0 Å². The topological polar surface area (TPSA) is 40.5 Å². The largest absolute Gasteiger partial charge is 0.468 e. The van der Waals surface area contributed by atoms with Crippen LogP contribution >= 0.6 is 11.6 Å². The Hall–Kier alpha value is -1.78. The van der Waals surface area contributed by atoms with Gasteiger partial charge in [0, 0.05) is 19.7 Å². The first-order valence-corrected chi connectivity index (χ1v) is 6.50. The summed E-state index contributed by atoms with van der Waals surface area (Å²) in [5.74, 6) is 0.729. The van der Waals surface area contributed by atoms with Gasteiger partial charge in [0.1, 0.15) is 10.8 Å². The molecule has 0 bridgehead atoms. The van der Waals surface area contributed by atoms with E-state index in [0.29, 0.717) is 0 Å². The first kappa shape index (κ1) is 14.6. The van der Waals surface area contributed by atoms with Gasteiger partial charge in [0.2, 0.25) is 0 Å². The highest BCUT2D eigenvalue weighted by Crippen LogP contribution is 2.26. The van der Waals surface area contributed by atoms with E-state index in [1.165, 1.54) is 0 Å². The number of aromatic nitrogens is 1. The molecule has 0 fully saturated rings. The molecule has 20 heavy (non-hydrogen) atoms. The molecule has 2 rings (SSSR count). The number of hydrogen-bond acceptors (Lipinski definition) is 3. The monoisotopic (exact) mass is 293 g/mol. The van der Waals surface area contributed by atoms with Crippen molar-refractivity contribution in [3.05, 3.63) is 51.3 Å². The fourth-order valence-electron chi connectivity index (χ4n) is 2.02. The van der Waals surface area contributed by atoms with Gasteiger partial charge in [-0.25, -0.2) is 0 Å². The molecule has 2 aromatic rings. The smallest absolute Gasteiger partial charge is 0.269 e. The molecule has 1 aromatic carbocycles. The van der Waals surface area contributed by atoms with Crippen molar-refractivity contribution in [3.63, 3.8) is 0 Å². The fraction of sp³-hybridized carbons (Fsp3) is 0.267. The number of halogens is 1. The number of methoxy groups -OCH3 is 1. The lowest BCUT2D eigenvalue weighted by Gasteiger charge is -2.13. The third-order valence-electron chi connectivity index (χ3n) is 3.08. The van der Waals surface area contributed by atoms with Crippen LogP contribution in [0.2, 0.25) is 5.02 Å². The van der Waals surface area contributed by atoms with Crippen LogP contribution in [-0.4, -0.2) is 18.5 Å². The lowest BCUT2D eigenvalue weighted by Crippen LogP contribution is -2.18. The molecule has 0 atom stereocenters. The number of ether oxygens (including phenoxy) is 2. The van der Waals surface area contributed by atoms with E-state index < -0.39 is 0 Å². The molecule has 0 amide bonds. The number of rotatable bonds is 4. The molecular formula is C15H16ClNO3. The summed E-state index contributed by atoms with van der Waals surface area (Å²) in [5.41, 5.74) is 2.58. The zero-order chi connectivity index (χ0) is 14.7. The zero-order valence-corrected chi connectivity index (χ0v) is 12.4. The second-order valence-electron chi connectivity index (χ2n) is 4.46. The standard InChI is InChI=1S/C15H16ClNO3/c1-10-8-11(20-9-19-3)4-5-12(10)14-7-6-13(16)15(18)17(14)2/h4-8H,9H2,1-3H3. The van der Waals surface area contributed by atoms with Gasteiger partial charge in [-0.15, -0.1) is 0 Å². The average Bonchev–Trinajstić information content (AvgIpc) is 2.44. The normalized spacial score (nSPS) is 10.6. The molecule has 1 heterocycles. The van der Waals surface area contributed by atoms with Gasteiger partial charge >= 0.3 is 0 Å². The summed E-state index contributed by atoms with van der Waals surface area (Å²) in [5, 5.41) is 0.217. The molecule has 0 N–H and O–H groups in total. The van der Waals surface area contributed by atoms with Crippen LogP contribution in [0.15, 0.2) is 35.1 Å². The van der Waals surface area contributed by atoms with Gasteiger partial charge in [0.25, 0.3) is 5.56 Å². The molecule has 1 aromatic heterocycles. The minimum absolute atomic E-state index is 0.205. The minimum atomic E-state index is -0.205. The molecule has 0 spiro atoms. The number of nitrogens with zero attached hydrogens (tertiary/aromatic N) is 1. The van der Waals surface area contributed by atoms with Crippen LogP contribution in [0.5, 0.6) is 5.75 Å². The molecule has 0 aliphatic rings. The SMILES string of the molecule is COCOc1ccc(-c2ccc(Cl)c(=O)n2C)c(C)c1. The van der Waals surface area contributed by atoms with E-state index in [-0.39, 0.29) is 17.4 Å². The van der Waals surface area contributed by atoms with Gasteiger partial charge in [0.15, 0.2) is 6.79 Å². The maximum absolute atomic E-state index is 11.9. The van der Waals surface area contributed by atoms with Crippen LogP contribution in [-0.2, 0) is 11.8 Å². The predicted molar refractivity (Wildman–Crippen MR) is 79.4 cm³/mol. The van der Waals surface area contributed by atoms with E-state index in [2.05, 4.69) is 0 Å². The summed E-state index contributed by atoms with van der Waals surface area (Å²) in [6.07, 6.45) is 0. The summed E-state index contributed by atoms with van der Waals surface area (Å²) in [6, 6.07) is 9.13. The van der Waals surface area contributed by atoms with Crippen molar-refractivity contribution in [2.24, 2.45) is 7.05 Å². The summed E-state index contributed by atoms with van der Waals surface area (Å²) >= 11 is 5.83. The third kappa shape index (κ3) is 2.86. The van der Waals surface area contributed by atoms with Crippen molar-refractivity contribution in [2.45, 2.75) is 6.92 Å². The Morgan fingerprint density at radius 3 is 2.65 bits per heavy atom. The molecular weight excluding hydrogens is 278 g/mol. The Balaban J connectivity index is 2.44. The van der Waals surface area contributed by atoms with E-state index in [9.17, 15) is 4.79 Å². The van der Waals surface area contributed by atoms with E-state index in [0.717, 1.165) is 22.6 Å². The second kappa shape index (κ2) is 6.11. The molecule has 5 heteroatoms. The predicted octanol–water partition coefficient (Wildman–Crippen LogP) is 3.00. The molecule has 0 saturated carbocycles. The van der Waals surface area contributed by atoms with Crippen molar-refractivity contribution in [1.29, 1.82) is 0 Å². The maximum Gasteiger partial charge on any atom is 0.269 e. The van der Waals surface area contributed by atoms with Gasteiger partial charge in [-0.05, 0) is 42.8 Å². The molecule has 0 aliphatic carbocycles. The highest BCUT2D eigenvalue weighted by molar-refractivity contribution is 6.30. The Labute approximate surface area is 122 Å². The Kier molecular flexibility index (Phi) is 4.47. The summed E-state index contributed by atoms with van der Waals surface area (Å²) in [6.45, 7) is 2.17. The lowest BCUT2D eigenvalue weighted by atomic mass is 10.0. The van der Waals surface area contributed by atoms with Gasteiger partial charge in [-0.2, -0.15) is 0 Å². The van der Waals surface area contributed by atoms with Crippen LogP contribution in [0.25, 0.3) is 11.3 Å². The quantitative estimate of drug-likeness (QED) is 0.814. The molecule has 0 saturated heterocycles. The lowest BCUT2D eigenvalue weighted by molar-refractivity contribution is 0.0511. The summed E-state index contributed by atoms with van der Waals surface area (Å²) < 4.78 is 11.8. The van der Waals surface area contributed by atoms with Gasteiger partial charge in [-0.3, -0.25) is 4.79 Å². The highest BCUT2D eigenvalue weighted by atomic mass is 35.5. The zero-order valence-electron chi connectivity index (χ0n) is 11.6. The highest BCUT2D eigenvalue weighted by Gasteiger charge is 2.09. The van der Waals surface area contributed by atoms with Gasteiger partial charge in [-0.1, -0.05) is 11.6 Å². The summed E-state index contributed by atoms with van der Waals surface area (Å²) in [7, 11) is 3.28. The molecule has 0 radical (unpaired) electrons. The fourth-order valence-corrected chi connectivity index (χ4v) is 2.21. The van der Waals surface area contributed by atoms with Crippen molar-refractivity contribution >= 4 is 11.6 Å². The Morgan fingerprint density at radius 1 is 1.25 bits per heavy atom. The van der Waals surface area contributed by atoms with E-state index in [4.69, 9.17) is 21.1 Å². The first-order valence-electron chi connectivity index (χ1n) is 6.13. The van der Waals surface area contributed by atoms with Crippen molar-refractivity contribution in [1.82, 2.24) is 4.57 Å². The molecule has 0 aliphatic heterocycles. The van der Waals surface area contributed by atoms with Crippen LogP contribution in [0.1, 0.15) is 5.56 Å². The Bertz CT molecular complexity index is 679. The van der Waals surface area contributed by atoms with Gasteiger partial charge in [0.05, 0.1) is 5.69 Å². The number of hydrogen-bond donors (Lipinski definition) is 0. The number of pyridine rings is 1. The molecule has 0 unspecified atom stereocenters. The van der Waals surface area contributed by atoms with Crippen LogP contribution in [0.3, 0.4) is 0 Å². The van der Waals surface area contributed by atoms with Crippen molar-refractivity contribution in [3.8, 4) is 17.0 Å². The van der Waals surface area contributed by atoms with E-state index >= 15 is 0 Å². The summed E-state index contributed by atoms with van der Waals surface area (Å²) in [4.78, 5) is 11.9. The van der Waals surface area contributed by atoms with Crippen molar-refractivity contribution < 1.29 is 9.47 Å². The third-order valence-corrected chi connectivity index (χ3v) is 3.36. The van der Waals surface area contributed by atoms with E-state index in [1.54, 1.807) is 24.8 Å². The van der Waals surface area contributed by atoms with Crippen LogP contribution in [0, 0.1) is 6.92 Å². The van der Waals surface area contributed by atoms with Crippen LogP contribution in [0.4, 0.5) is 0 Å². The Morgan fingerprint density at radius 2 is 2.00 bits per heavy atom.